The fraction of sp³-hybridized carbons (Fsp3) is 0.186. The molecule has 4 nitrogen and oxygen atoms in total. The fourth-order valence-corrected chi connectivity index (χ4v) is 16.2. The van der Waals surface area contributed by atoms with Crippen LogP contribution in [-0.4, -0.2) is 17.6 Å². The fourth-order valence-electron chi connectivity index (χ4n) is 16.2. The van der Waals surface area contributed by atoms with Crippen molar-refractivity contribution in [2.45, 2.75) is 152 Å². The molecular formula is C118H128N4. The molecule has 0 saturated carbocycles. The van der Waals surface area contributed by atoms with Gasteiger partial charge in [-0.25, -0.2) is 0 Å². The lowest BCUT2D eigenvalue weighted by atomic mass is 9.98. The summed E-state index contributed by atoms with van der Waals surface area (Å²) in [6.07, 6.45) is 0. The Morgan fingerprint density at radius 2 is 0.205 bits per heavy atom. The molecule has 8 heterocycles. The second-order valence-corrected chi connectivity index (χ2v) is 27.8. The first-order valence-corrected chi connectivity index (χ1v) is 44.8. The molecule has 0 unspecified atom stereocenters. The Hall–Kier alpha value is -13.3. The minimum atomic E-state index is 1.29. The van der Waals surface area contributed by atoms with Gasteiger partial charge in [0.1, 0.15) is 0 Å². The average molecular weight is 1600 g/mol. The smallest absolute Gasteiger partial charge is 0.0634 e. The second-order valence-electron chi connectivity index (χ2n) is 27.8. The van der Waals surface area contributed by atoms with Gasteiger partial charge in [0.2, 0.25) is 0 Å². The van der Waals surface area contributed by atoms with Gasteiger partial charge in [-0.05, 0) is 90.1 Å². The van der Waals surface area contributed by atoms with Crippen molar-refractivity contribution in [2.75, 3.05) is 0 Å². The normalized spacial score (nSPS) is 10.2. The van der Waals surface area contributed by atoms with Gasteiger partial charge >= 0.3 is 0 Å². The van der Waals surface area contributed by atoms with Gasteiger partial charge in [-0.1, -0.05) is 472 Å². The maximum Gasteiger partial charge on any atom is 0.0634 e. The summed E-state index contributed by atoms with van der Waals surface area (Å²) in [4.78, 5) is 0. The highest BCUT2D eigenvalue weighted by Gasteiger charge is 2.30. The molecule has 0 atom stereocenters. The molecule has 4 heteroatoms. The zero-order chi connectivity index (χ0) is 87.8. The quantitative estimate of drug-likeness (QED) is 0.144. The van der Waals surface area contributed by atoms with E-state index in [0.29, 0.717) is 0 Å². The molecule has 0 bridgehead atoms. The van der Waals surface area contributed by atoms with Crippen LogP contribution in [0, 0.1) is 41.5 Å². The lowest BCUT2D eigenvalue weighted by Gasteiger charge is -2.02. The van der Waals surface area contributed by atoms with E-state index in [2.05, 4.69) is 326 Å². The Morgan fingerprint density at radius 3 is 0.295 bits per heavy atom. The molecule has 0 N–H and O–H groups in total. The molecule has 620 valence electrons. The Kier molecular flexibility index (Phi) is 35.2. The van der Waals surface area contributed by atoms with Crippen molar-refractivity contribution >= 4 is 152 Å². The highest BCUT2D eigenvalue weighted by Crippen LogP contribution is 2.54. The van der Waals surface area contributed by atoms with Gasteiger partial charge in [0.25, 0.3) is 0 Å². The van der Waals surface area contributed by atoms with E-state index in [4.69, 9.17) is 0 Å². The third-order valence-electron chi connectivity index (χ3n) is 20.7. The topological polar surface area (TPSA) is 17.6 Å². The minimum absolute atomic E-state index is 1.29. The van der Waals surface area contributed by atoms with Crippen LogP contribution in [-0.2, 0) is 0 Å². The summed E-state index contributed by atoms with van der Waals surface area (Å²) in [7, 11) is 0. The molecule has 16 aromatic carbocycles. The number of hydrogen-bond acceptors (Lipinski definition) is 0. The van der Waals surface area contributed by atoms with Gasteiger partial charge in [-0.2, -0.15) is 0 Å². The van der Waals surface area contributed by atoms with Crippen LogP contribution in [0.5, 0.6) is 0 Å². The first kappa shape index (κ1) is 92.6. The summed E-state index contributed by atoms with van der Waals surface area (Å²) < 4.78 is 9.99. The van der Waals surface area contributed by atoms with E-state index in [0.717, 1.165) is 0 Å². The summed E-state index contributed by atoms with van der Waals surface area (Å²) in [6, 6.07) is 133. The highest BCUT2D eigenvalue weighted by atomic mass is 15.0. The zero-order valence-electron chi connectivity index (χ0n) is 76.6. The van der Waals surface area contributed by atoms with E-state index in [1.54, 1.807) is 0 Å². The molecule has 0 saturated heterocycles. The molecule has 8 aromatic heterocycles. The van der Waals surface area contributed by atoms with Crippen LogP contribution in [0.25, 0.3) is 152 Å². The highest BCUT2D eigenvalue weighted by molar-refractivity contribution is 6.47. The van der Waals surface area contributed by atoms with Gasteiger partial charge < -0.3 is 17.6 Å². The Labute approximate surface area is 727 Å². The summed E-state index contributed by atoms with van der Waals surface area (Å²) in [5.74, 6) is 0. The number of hydrogen-bond donors (Lipinski definition) is 0. The van der Waals surface area contributed by atoms with Crippen molar-refractivity contribution < 1.29 is 0 Å². The van der Waals surface area contributed by atoms with Crippen molar-refractivity contribution in [1.82, 2.24) is 17.6 Å². The van der Waals surface area contributed by atoms with Gasteiger partial charge in [0.05, 0.1) is 66.2 Å². The number of benzene rings is 16. The number of aromatic nitrogens is 4. The third kappa shape index (κ3) is 19.0. The number of rotatable bonds is 0. The molecule has 0 spiro atoms. The van der Waals surface area contributed by atoms with E-state index < -0.39 is 0 Å². The molecule has 0 amide bonds. The molecule has 122 heavy (non-hydrogen) atoms. The van der Waals surface area contributed by atoms with Crippen LogP contribution in [0.3, 0.4) is 0 Å². The maximum atomic E-state index is 2.50. The van der Waals surface area contributed by atoms with E-state index in [1.165, 1.54) is 186 Å². The van der Waals surface area contributed by atoms with Crippen LogP contribution in [0.1, 0.15) is 144 Å². The summed E-state index contributed by atoms with van der Waals surface area (Å²) in [5.41, 5.74) is 23.7. The van der Waals surface area contributed by atoms with Crippen LogP contribution < -0.4 is 0 Å². The van der Waals surface area contributed by atoms with Crippen molar-refractivity contribution in [3.8, 4) is 0 Å². The number of aryl methyl sites for hydroxylation is 6. The van der Waals surface area contributed by atoms with E-state index in [1.807, 2.05) is 220 Å². The standard InChI is InChI=1S/2C30H16N2.6C7H8.8C2H6/c2*1-5-13-21-17(9-1)25-26-18-10-2-7-15-23(18)32-24-16-8-4-12-20(24)28(30(26)32)27-19-11-3-6-14-22(19)31(21)29(25)27;6*1-7-5-3-2-4-6-7;8*1-2/h2*1-16H;6*2-6H,1H3;8*1-2H3. The first-order chi connectivity index (χ1) is 60.2. The molecule has 24 rings (SSSR count). The van der Waals surface area contributed by atoms with Crippen LogP contribution in [0.4, 0.5) is 0 Å². The van der Waals surface area contributed by atoms with Crippen LogP contribution in [0.2, 0.25) is 0 Å². The monoisotopic (exact) mass is 1600 g/mol. The van der Waals surface area contributed by atoms with Crippen LogP contribution >= 0.6 is 0 Å². The minimum Gasteiger partial charge on any atom is -0.308 e. The Bertz CT molecular complexity index is 5870. The van der Waals surface area contributed by atoms with E-state index >= 15 is 0 Å². The van der Waals surface area contributed by atoms with Gasteiger partial charge in [0, 0.05) is 86.2 Å². The SMILES string of the molecule is CC.CC.CC.CC.CC.CC.CC.CC.Cc1ccccc1.Cc1ccccc1.Cc1ccccc1.Cc1ccccc1.Cc1ccccc1.Cc1ccccc1.c1ccc2c(c1)c1c3c4ccccc4n4c5ccccc5c(c5c6ccccc6n2c15)c34.c1ccc2c(c1)c1c3c4ccccc4n4c5ccccc5c(c5c6ccccc6n2c15)c34. The summed E-state index contributed by atoms with van der Waals surface area (Å²) >= 11 is 0. The second kappa shape index (κ2) is 46.3. The summed E-state index contributed by atoms with van der Waals surface area (Å²) in [6.45, 7) is 44.5. The summed E-state index contributed by atoms with van der Waals surface area (Å²) in [5, 5.41) is 21.8. The largest absolute Gasteiger partial charge is 0.308 e. The molecule has 0 aliphatic rings. The van der Waals surface area contributed by atoms with Crippen molar-refractivity contribution in [3.63, 3.8) is 0 Å². The predicted octanol–water partition coefficient (Wildman–Crippen LogP) is 36.2. The third-order valence-corrected chi connectivity index (χ3v) is 20.7. The molecule has 24 aromatic rings. The Morgan fingerprint density at radius 1 is 0.115 bits per heavy atom. The number of nitrogens with zero attached hydrogens (tertiary/aromatic N) is 4. The molecule has 0 aliphatic heterocycles. The van der Waals surface area contributed by atoms with Gasteiger partial charge in [-0.15, -0.1) is 0 Å². The molecule has 0 radical (unpaired) electrons. The predicted molar refractivity (Wildman–Crippen MR) is 549 cm³/mol. The number of fused-ring (bicyclic) bond motifs is 28. The lowest BCUT2D eigenvalue weighted by molar-refractivity contribution is 1.37. The van der Waals surface area contributed by atoms with Crippen molar-refractivity contribution in [3.05, 3.63) is 409 Å². The van der Waals surface area contributed by atoms with Crippen LogP contribution in [0.15, 0.2) is 376 Å². The Balaban J connectivity index is 0.000000172. The average Bonchev–Trinajstić information content (AvgIpc) is 1.50. The molecule has 0 aliphatic carbocycles. The van der Waals surface area contributed by atoms with Gasteiger partial charge in [0.15, 0.2) is 0 Å². The maximum absolute atomic E-state index is 2.50. The van der Waals surface area contributed by atoms with Crippen molar-refractivity contribution in [2.24, 2.45) is 0 Å². The number of para-hydroxylation sites is 8. The molecule has 0 fully saturated rings. The van der Waals surface area contributed by atoms with Gasteiger partial charge in [-0.3, -0.25) is 0 Å². The van der Waals surface area contributed by atoms with E-state index in [-0.39, 0.29) is 0 Å². The molecular weight excluding hydrogens is 1470 g/mol. The lowest BCUT2D eigenvalue weighted by Crippen LogP contribution is -1.79. The van der Waals surface area contributed by atoms with E-state index in [9.17, 15) is 0 Å². The van der Waals surface area contributed by atoms with Crippen molar-refractivity contribution in [1.29, 1.82) is 0 Å². The zero-order valence-corrected chi connectivity index (χ0v) is 76.6. The first-order valence-electron chi connectivity index (χ1n) is 44.8.